The summed E-state index contributed by atoms with van der Waals surface area (Å²) < 4.78 is 0.896. The van der Waals surface area contributed by atoms with E-state index in [1.54, 1.807) is 12.1 Å². The van der Waals surface area contributed by atoms with Gasteiger partial charge in [0, 0.05) is 4.47 Å². The van der Waals surface area contributed by atoms with Crippen molar-refractivity contribution in [2.45, 2.75) is 6.92 Å². The number of nitrogens with one attached hydrogen (secondary N) is 1. The SMILES string of the molecule is Cc1ccc(Nc2cccc(C(=O)O)c2N)c(Br)c1. The lowest BCUT2D eigenvalue weighted by atomic mass is 10.1. The molecule has 0 radical (unpaired) electrons. The van der Waals surface area contributed by atoms with Crippen LogP contribution in [0.3, 0.4) is 0 Å². The predicted molar refractivity (Wildman–Crippen MR) is 80.0 cm³/mol. The van der Waals surface area contributed by atoms with Crippen LogP contribution in [-0.4, -0.2) is 11.1 Å². The number of aryl methyl sites for hydroxylation is 1. The average Bonchev–Trinajstić information content (AvgIpc) is 2.34. The van der Waals surface area contributed by atoms with Crippen LogP contribution in [0.5, 0.6) is 0 Å². The number of hydrogen-bond acceptors (Lipinski definition) is 3. The van der Waals surface area contributed by atoms with Crippen LogP contribution in [0.2, 0.25) is 0 Å². The second-order valence-electron chi connectivity index (χ2n) is 4.18. The monoisotopic (exact) mass is 320 g/mol. The van der Waals surface area contributed by atoms with Gasteiger partial charge in [-0.1, -0.05) is 12.1 Å². The Bertz CT molecular complexity index is 641. The summed E-state index contributed by atoms with van der Waals surface area (Å²) in [4.78, 5) is 11.0. The number of rotatable bonds is 3. The van der Waals surface area contributed by atoms with Crippen molar-refractivity contribution < 1.29 is 9.90 Å². The molecule has 4 nitrogen and oxygen atoms in total. The topological polar surface area (TPSA) is 75.3 Å². The number of carboxylic acids is 1. The number of nitrogens with two attached hydrogens (primary N) is 1. The summed E-state index contributed by atoms with van der Waals surface area (Å²) >= 11 is 3.46. The Hall–Kier alpha value is -2.01. The molecule has 0 spiro atoms. The predicted octanol–water partition coefficient (Wildman–Crippen LogP) is 3.78. The van der Waals surface area contributed by atoms with E-state index in [9.17, 15) is 4.79 Å². The Morgan fingerprint density at radius 1 is 1.26 bits per heavy atom. The highest BCUT2D eigenvalue weighted by atomic mass is 79.9. The minimum Gasteiger partial charge on any atom is -0.478 e. The lowest BCUT2D eigenvalue weighted by Gasteiger charge is -2.12. The molecule has 98 valence electrons. The van der Waals surface area contributed by atoms with E-state index >= 15 is 0 Å². The molecule has 0 unspecified atom stereocenters. The third-order valence-corrected chi connectivity index (χ3v) is 3.39. The summed E-state index contributed by atoms with van der Waals surface area (Å²) in [7, 11) is 0. The van der Waals surface area contributed by atoms with Crippen LogP contribution in [-0.2, 0) is 0 Å². The first-order valence-electron chi connectivity index (χ1n) is 5.64. The maximum atomic E-state index is 11.0. The van der Waals surface area contributed by atoms with Gasteiger partial charge in [-0.2, -0.15) is 0 Å². The maximum Gasteiger partial charge on any atom is 0.337 e. The minimum atomic E-state index is -1.04. The van der Waals surface area contributed by atoms with Crippen LogP contribution in [0.25, 0.3) is 0 Å². The van der Waals surface area contributed by atoms with E-state index in [1.165, 1.54) is 6.07 Å². The summed E-state index contributed by atoms with van der Waals surface area (Å²) in [5.41, 5.74) is 8.70. The summed E-state index contributed by atoms with van der Waals surface area (Å²) in [5.74, 6) is -1.04. The van der Waals surface area contributed by atoms with Crippen LogP contribution in [0.4, 0.5) is 17.1 Å². The first-order valence-corrected chi connectivity index (χ1v) is 6.43. The standard InChI is InChI=1S/C14H13BrN2O2/c1-8-5-6-11(10(15)7-8)17-12-4-2-3-9(13(12)16)14(18)19/h2-7,17H,16H2,1H3,(H,18,19). The molecular formula is C14H13BrN2O2. The first-order chi connectivity index (χ1) is 8.99. The summed E-state index contributed by atoms with van der Waals surface area (Å²) in [5, 5.41) is 12.2. The number of anilines is 3. The molecule has 0 saturated heterocycles. The minimum absolute atomic E-state index is 0.0910. The Balaban J connectivity index is 2.38. The number of halogens is 1. The van der Waals surface area contributed by atoms with Gasteiger partial charge in [-0.3, -0.25) is 0 Å². The number of carboxylic acid groups (broad SMARTS) is 1. The molecule has 4 N–H and O–H groups in total. The molecule has 0 heterocycles. The van der Waals surface area contributed by atoms with E-state index in [0.717, 1.165) is 15.7 Å². The molecule has 0 aliphatic rings. The molecule has 2 rings (SSSR count). The molecule has 0 aromatic heterocycles. The number of nitrogen functional groups attached to an aromatic ring is 1. The van der Waals surface area contributed by atoms with Gasteiger partial charge < -0.3 is 16.2 Å². The fourth-order valence-corrected chi connectivity index (χ4v) is 2.32. The lowest BCUT2D eigenvalue weighted by Crippen LogP contribution is -2.05. The second-order valence-corrected chi connectivity index (χ2v) is 5.03. The Kier molecular flexibility index (Phi) is 3.76. The highest BCUT2D eigenvalue weighted by molar-refractivity contribution is 9.10. The Labute approximate surface area is 119 Å². The number of benzene rings is 2. The number of para-hydroxylation sites is 1. The van der Waals surface area contributed by atoms with Crippen LogP contribution in [0.1, 0.15) is 15.9 Å². The van der Waals surface area contributed by atoms with E-state index in [4.69, 9.17) is 10.8 Å². The molecule has 19 heavy (non-hydrogen) atoms. The highest BCUT2D eigenvalue weighted by Crippen LogP contribution is 2.30. The summed E-state index contributed by atoms with van der Waals surface area (Å²) in [6.07, 6.45) is 0. The van der Waals surface area contributed by atoms with E-state index in [-0.39, 0.29) is 11.3 Å². The van der Waals surface area contributed by atoms with Gasteiger partial charge in [0.15, 0.2) is 0 Å². The fourth-order valence-electron chi connectivity index (χ4n) is 1.73. The quantitative estimate of drug-likeness (QED) is 0.752. The second kappa shape index (κ2) is 5.32. The molecule has 0 aliphatic heterocycles. The molecule has 2 aromatic carbocycles. The highest BCUT2D eigenvalue weighted by Gasteiger charge is 2.11. The van der Waals surface area contributed by atoms with Gasteiger partial charge in [0.25, 0.3) is 0 Å². The average molecular weight is 321 g/mol. The van der Waals surface area contributed by atoms with Crippen molar-refractivity contribution in [2.75, 3.05) is 11.1 Å². The third kappa shape index (κ3) is 2.88. The Morgan fingerprint density at radius 3 is 2.63 bits per heavy atom. The van der Waals surface area contributed by atoms with Crippen molar-refractivity contribution in [3.63, 3.8) is 0 Å². The van der Waals surface area contributed by atoms with Crippen molar-refractivity contribution in [3.8, 4) is 0 Å². The van der Waals surface area contributed by atoms with Crippen LogP contribution >= 0.6 is 15.9 Å². The zero-order valence-electron chi connectivity index (χ0n) is 10.3. The molecular weight excluding hydrogens is 308 g/mol. The van der Waals surface area contributed by atoms with Crippen LogP contribution in [0, 0.1) is 6.92 Å². The van der Waals surface area contributed by atoms with E-state index < -0.39 is 5.97 Å². The molecule has 0 fully saturated rings. The first kappa shape index (κ1) is 13.4. The number of hydrogen-bond donors (Lipinski definition) is 3. The molecule has 0 saturated carbocycles. The van der Waals surface area contributed by atoms with Crippen LogP contribution < -0.4 is 11.1 Å². The smallest absolute Gasteiger partial charge is 0.337 e. The summed E-state index contributed by atoms with van der Waals surface area (Å²) in [6.45, 7) is 1.99. The maximum absolute atomic E-state index is 11.0. The molecule has 2 aromatic rings. The van der Waals surface area contributed by atoms with Gasteiger partial charge in [0.1, 0.15) is 0 Å². The van der Waals surface area contributed by atoms with E-state index in [2.05, 4.69) is 21.2 Å². The molecule has 0 aliphatic carbocycles. The molecule has 0 amide bonds. The van der Waals surface area contributed by atoms with Gasteiger partial charge >= 0.3 is 5.97 Å². The normalized spacial score (nSPS) is 10.2. The van der Waals surface area contributed by atoms with E-state index in [1.807, 2.05) is 25.1 Å². The van der Waals surface area contributed by atoms with Gasteiger partial charge in [-0.25, -0.2) is 4.79 Å². The van der Waals surface area contributed by atoms with Gasteiger partial charge in [0.05, 0.1) is 22.6 Å². The van der Waals surface area contributed by atoms with Crippen molar-refractivity contribution in [1.82, 2.24) is 0 Å². The largest absolute Gasteiger partial charge is 0.478 e. The van der Waals surface area contributed by atoms with E-state index in [0.29, 0.717) is 5.69 Å². The fraction of sp³-hybridized carbons (Fsp3) is 0.0714. The van der Waals surface area contributed by atoms with Crippen LogP contribution in [0.15, 0.2) is 40.9 Å². The number of aromatic carboxylic acids is 1. The van der Waals surface area contributed by atoms with Gasteiger partial charge in [-0.15, -0.1) is 0 Å². The molecule has 0 atom stereocenters. The van der Waals surface area contributed by atoms with Crippen molar-refractivity contribution in [2.24, 2.45) is 0 Å². The number of carbonyl (C=O) groups is 1. The lowest BCUT2D eigenvalue weighted by molar-refractivity contribution is 0.0698. The Morgan fingerprint density at radius 2 is 2.00 bits per heavy atom. The van der Waals surface area contributed by atoms with Crippen molar-refractivity contribution in [3.05, 3.63) is 52.0 Å². The van der Waals surface area contributed by atoms with Gasteiger partial charge in [-0.05, 0) is 52.7 Å². The van der Waals surface area contributed by atoms with Crippen molar-refractivity contribution in [1.29, 1.82) is 0 Å². The van der Waals surface area contributed by atoms with Gasteiger partial charge in [0.2, 0.25) is 0 Å². The third-order valence-electron chi connectivity index (χ3n) is 2.73. The molecule has 0 bridgehead atoms. The zero-order valence-corrected chi connectivity index (χ0v) is 11.9. The van der Waals surface area contributed by atoms with Crippen molar-refractivity contribution >= 4 is 39.0 Å². The molecule has 5 heteroatoms. The zero-order chi connectivity index (χ0) is 14.0. The summed E-state index contributed by atoms with van der Waals surface area (Å²) in [6, 6.07) is 10.7.